The fourth-order valence-electron chi connectivity index (χ4n) is 1.22. The van der Waals surface area contributed by atoms with Crippen molar-refractivity contribution in [2.24, 2.45) is 0 Å². The van der Waals surface area contributed by atoms with Crippen LogP contribution in [0.25, 0.3) is 11.4 Å². The number of nitrogens with zero attached hydrogens (tertiary/aromatic N) is 2. The lowest BCUT2D eigenvalue weighted by molar-refractivity contribution is 0.414. The van der Waals surface area contributed by atoms with Crippen LogP contribution in [0, 0.1) is 0 Å². The van der Waals surface area contributed by atoms with Gasteiger partial charge in [-0.3, -0.25) is 10.1 Å². The van der Waals surface area contributed by atoms with Crippen molar-refractivity contribution in [1.82, 2.24) is 15.2 Å². The summed E-state index contributed by atoms with van der Waals surface area (Å²) < 4.78 is 5.16. The van der Waals surface area contributed by atoms with E-state index in [1.54, 1.807) is 19.4 Å². The van der Waals surface area contributed by atoms with Crippen molar-refractivity contribution in [3.63, 3.8) is 0 Å². The minimum absolute atomic E-state index is 0.438. The van der Waals surface area contributed by atoms with Crippen LogP contribution < -0.4 is 10.5 Å². The molecule has 0 amide bonds. The Balaban J connectivity index is 2.50. The Morgan fingerprint density at radius 2 is 2.36 bits per heavy atom. The van der Waals surface area contributed by atoms with Gasteiger partial charge in [0.1, 0.15) is 17.3 Å². The highest BCUT2D eigenvalue weighted by Crippen LogP contribution is 2.25. The molecule has 2 aromatic heterocycles. The van der Waals surface area contributed by atoms with Crippen LogP contribution in [0.1, 0.15) is 0 Å². The summed E-state index contributed by atoms with van der Waals surface area (Å²) in [6, 6.07) is 5.35. The van der Waals surface area contributed by atoms with Crippen molar-refractivity contribution in [3.05, 3.63) is 24.4 Å². The van der Waals surface area contributed by atoms with Gasteiger partial charge in [-0.1, -0.05) is 0 Å². The number of aromatic amines is 1. The van der Waals surface area contributed by atoms with Gasteiger partial charge in [-0.15, -0.1) is 0 Å². The summed E-state index contributed by atoms with van der Waals surface area (Å²) in [5, 5.41) is 6.60. The molecule has 2 heterocycles. The number of anilines is 1. The van der Waals surface area contributed by atoms with Crippen molar-refractivity contribution >= 4 is 5.82 Å². The van der Waals surface area contributed by atoms with Crippen molar-refractivity contribution in [2.75, 3.05) is 12.8 Å². The molecular weight excluding hydrogens is 180 g/mol. The average Bonchev–Trinajstić information content (AvgIpc) is 2.65. The average molecular weight is 190 g/mol. The fraction of sp³-hybridized carbons (Fsp3) is 0.111. The third kappa shape index (κ3) is 1.39. The van der Waals surface area contributed by atoms with Crippen molar-refractivity contribution in [1.29, 1.82) is 0 Å². The van der Waals surface area contributed by atoms with Crippen LogP contribution in [-0.4, -0.2) is 22.3 Å². The van der Waals surface area contributed by atoms with Gasteiger partial charge in [0.05, 0.1) is 12.8 Å². The SMILES string of the molecule is COc1cccnc1-c1cc(N)n[nH]1. The van der Waals surface area contributed by atoms with Crippen molar-refractivity contribution in [2.45, 2.75) is 0 Å². The lowest BCUT2D eigenvalue weighted by Crippen LogP contribution is -1.90. The second-order valence-corrected chi connectivity index (χ2v) is 2.76. The van der Waals surface area contributed by atoms with Gasteiger partial charge in [-0.25, -0.2) is 0 Å². The number of aromatic nitrogens is 3. The number of nitrogen functional groups attached to an aromatic ring is 1. The standard InChI is InChI=1S/C9H10N4O/c1-14-7-3-2-4-11-9(7)6-5-8(10)13-12-6/h2-5H,1H3,(H3,10,12,13). The fourth-order valence-corrected chi connectivity index (χ4v) is 1.22. The zero-order chi connectivity index (χ0) is 9.97. The molecule has 72 valence electrons. The lowest BCUT2D eigenvalue weighted by Gasteiger charge is -2.03. The molecule has 0 aliphatic heterocycles. The summed E-state index contributed by atoms with van der Waals surface area (Å²) in [6.45, 7) is 0. The van der Waals surface area contributed by atoms with E-state index >= 15 is 0 Å². The van der Waals surface area contributed by atoms with E-state index in [4.69, 9.17) is 10.5 Å². The second kappa shape index (κ2) is 3.37. The molecule has 5 nitrogen and oxygen atoms in total. The van der Waals surface area contributed by atoms with Gasteiger partial charge in [-0.05, 0) is 12.1 Å². The maximum absolute atomic E-state index is 5.50. The number of hydrogen-bond acceptors (Lipinski definition) is 4. The van der Waals surface area contributed by atoms with Crippen LogP contribution in [0.3, 0.4) is 0 Å². The molecule has 0 atom stereocenters. The Bertz CT molecular complexity index is 438. The van der Waals surface area contributed by atoms with Gasteiger partial charge in [0.15, 0.2) is 0 Å². The number of H-pyrrole nitrogens is 1. The van der Waals surface area contributed by atoms with E-state index in [0.29, 0.717) is 17.3 Å². The van der Waals surface area contributed by atoms with Gasteiger partial charge >= 0.3 is 0 Å². The molecule has 5 heteroatoms. The first-order chi connectivity index (χ1) is 6.81. The summed E-state index contributed by atoms with van der Waals surface area (Å²) in [7, 11) is 1.60. The first kappa shape index (κ1) is 8.55. The lowest BCUT2D eigenvalue weighted by atomic mass is 10.2. The Morgan fingerprint density at radius 3 is 3.00 bits per heavy atom. The smallest absolute Gasteiger partial charge is 0.146 e. The molecule has 2 aromatic rings. The van der Waals surface area contributed by atoms with Crippen molar-refractivity contribution in [3.8, 4) is 17.1 Å². The second-order valence-electron chi connectivity index (χ2n) is 2.76. The molecule has 2 rings (SSSR count). The minimum atomic E-state index is 0.438. The van der Waals surface area contributed by atoms with E-state index < -0.39 is 0 Å². The summed E-state index contributed by atoms with van der Waals surface area (Å²) in [5.41, 5.74) is 6.95. The highest BCUT2D eigenvalue weighted by atomic mass is 16.5. The van der Waals surface area contributed by atoms with Crippen LogP contribution in [0.4, 0.5) is 5.82 Å². The Hall–Kier alpha value is -2.04. The Kier molecular flexibility index (Phi) is 2.06. The summed E-state index contributed by atoms with van der Waals surface area (Å²) in [6.07, 6.45) is 1.69. The van der Waals surface area contributed by atoms with Gasteiger partial charge in [0.25, 0.3) is 0 Å². The molecule has 0 radical (unpaired) electrons. The van der Waals surface area contributed by atoms with Gasteiger partial charge < -0.3 is 10.5 Å². The zero-order valence-corrected chi connectivity index (χ0v) is 7.69. The van der Waals surface area contributed by atoms with E-state index in [1.165, 1.54) is 0 Å². The molecule has 0 aliphatic rings. The molecule has 0 bridgehead atoms. The molecule has 0 aliphatic carbocycles. The molecule has 0 saturated heterocycles. The van der Waals surface area contributed by atoms with Crippen molar-refractivity contribution < 1.29 is 4.74 Å². The van der Waals surface area contributed by atoms with Gasteiger partial charge in [0, 0.05) is 12.3 Å². The third-order valence-electron chi connectivity index (χ3n) is 1.84. The zero-order valence-electron chi connectivity index (χ0n) is 7.69. The van der Waals surface area contributed by atoms with E-state index in [0.717, 1.165) is 5.69 Å². The minimum Gasteiger partial charge on any atom is -0.494 e. The van der Waals surface area contributed by atoms with Crippen LogP contribution in [0.15, 0.2) is 24.4 Å². The molecule has 0 saturated carbocycles. The van der Waals surface area contributed by atoms with Gasteiger partial charge in [-0.2, -0.15) is 5.10 Å². The third-order valence-corrected chi connectivity index (χ3v) is 1.84. The maximum Gasteiger partial charge on any atom is 0.146 e. The van der Waals surface area contributed by atoms with E-state index in [2.05, 4.69) is 15.2 Å². The molecule has 0 aromatic carbocycles. The highest BCUT2D eigenvalue weighted by molar-refractivity contribution is 5.64. The van der Waals surface area contributed by atoms with Crippen LogP contribution in [0.2, 0.25) is 0 Å². The summed E-state index contributed by atoms with van der Waals surface area (Å²) in [4.78, 5) is 4.18. The molecule has 0 fully saturated rings. The molecule has 0 unspecified atom stereocenters. The first-order valence-corrected chi connectivity index (χ1v) is 4.11. The quantitative estimate of drug-likeness (QED) is 0.742. The summed E-state index contributed by atoms with van der Waals surface area (Å²) in [5.74, 6) is 1.13. The largest absolute Gasteiger partial charge is 0.494 e. The van der Waals surface area contributed by atoms with E-state index in [1.807, 2.05) is 12.1 Å². The van der Waals surface area contributed by atoms with Crippen LogP contribution >= 0.6 is 0 Å². The Labute approximate surface area is 80.9 Å². The van der Waals surface area contributed by atoms with Gasteiger partial charge in [0.2, 0.25) is 0 Å². The predicted octanol–water partition coefficient (Wildman–Crippen LogP) is 1.06. The number of hydrogen-bond donors (Lipinski definition) is 2. The number of nitrogens with two attached hydrogens (primary N) is 1. The molecular formula is C9H10N4O. The predicted molar refractivity (Wildman–Crippen MR) is 52.8 cm³/mol. The molecule has 0 spiro atoms. The number of methoxy groups -OCH3 is 1. The number of rotatable bonds is 2. The monoisotopic (exact) mass is 190 g/mol. The molecule has 14 heavy (non-hydrogen) atoms. The first-order valence-electron chi connectivity index (χ1n) is 4.11. The van der Waals surface area contributed by atoms with E-state index in [9.17, 15) is 0 Å². The highest BCUT2D eigenvalue weighted by Gasteiger charge is 2.08. The topological polar surface area (TPSA) is 76.8 Å². The molecule has 3 N–H and O–H groups in total. The van der Waals surface area contributed by atoms with Crippen LogP contribution in [0.5, 0.6) is 5.75 Å². The Morgan fingerprint density at radius 1 is 1.50 bits per heavy atom. The number of pyridine rings is 1. The number of nitrogens with one attached hydrogen (secondary N) is 1. The maximum atomic E-state index is 5.50. The normalized spacial score (nSPS) is 10.1. The summed E-state index contributed by atoms with van der Waals surface area (Å²) >= 11 is 0. The van der Waals surface area contributed by atoms with Crippen LogP contribution in [-0.2, 0) is 0 Å². The van der Waals surface area contributed by atoms with E-state index in [-0.39, 0.29) is 0 Å². The number of ether oxygens (including phenoxy) is 1.